The first-order chi connectivity index (χ1) is 9.48. The van der Waals surface area contributed by atoms with Crippen LogP contribution in [0.4, 0.5) is 0 Å². The van der Waals surface area contributed by atoms with Gasteiger partial charge in [-0.15, -0.1) is 0 Å². The smallest absolute Gasteiger partial charge is 0.248 e. The molecule has 0 saturated carbocycles. The minimum Gasteiger partial charge on any atom is -0.360 e. The molecular weight excluding hydrogens is 278 g/mol. The van der Waals surface area contributed by atoms with Gasteiger partial charge in [0.2, 0.25) is 10.0 Å². The molecule has 114 valence electrons. The molecule has 1 N–H and O–H groups in total. The third-order valence-corrected chi connectivity index (χ3v) is 5.93. The monoisotopic (exact) mass is 301 g/mol. The molecule has 1 atom stereocenters. The Bertz CT molecular complexity index is 534. The summed E-state index contributed by atoms with van der Waals surface area (Å²) < 4.78 is 32.4. The van der Waals surface area contributed by atoms with E-state index in [0.29, 0.717) is 24.5 Å². The zero-order valence-corrected chi connectivity index (χ0v) is 13.2. The summed E-state index contributed by atoms with van der Waals surface area (Å²) in [5.74, 6) is 0.371. The Hall–Kier alpha value is -0.920. The van der Waals surface area contributed by atoms with Crippen LogP contribution in [-0.2, 0) is 10.0 Å². The lowest BCUT2D eigenvalue weighted by atomic mass is 10.1. The number of likely N-dealkylation sites (N-methyl/N-ethyl adjacent to an activating group) is 1. The molecule has 1 fully saturated rings. The van der Waals surface area contributed by atoms with Crippen LogP contribution in [0.3, 0.4) is 0 Å². The highest BCUT2D eigenvalue weighted by Gasteiger charge is 2.36. The molecular formula is C13H23N3O3S. The fourth-order valence-electron chi connectivity index (χ4n) is 2.77. The summed E-state index contributed by atoms with van der Waals surface area (Å²) in [5.41, 5.74) is 0.440. The number of aromatic nitrogens is 1. The maximum atomic E-state index is 12.9. The van der Waals surface area contributed by atoms with Crippen LogP contribution < -0.4 is 5.32 Å². The van der Waals surface area contributed by atoms with Gasteiger partial charge in [0.05, 0.1) is 0 Å². The summed E-state index contributed by atoms with van der Waals surface area (Å²) in [6.07, 6.45) is 2.88. The highest BCUT2D eigenvalue weighted by Crippen LogP contribution is 2.28. The van der Waals surface area contributed by atoms with Gasteiger partial charge < -0.3 is 9.84 Å². The fraction of sp³-hybridized carbons (Fsp3) is 0.769. The van der Waals surface area contributed by atoms with Crippen LogP contribution in [0.2, 0.25) is 0 Å². The molecule has 2 rings (SSSR count). The fourth-order valence-corrected chi connectivity index (χ4v) is 4.75. The van der Waals surface area contributed by atoms with Gasteiger partial charge in [-0.25, -0.2) is 8.42 Å². The summed E-state index contributed by atoms with van der Waals surface area (Å²) >= 11 is 0. The van der Waals surface area contributed by atoms with Crippen LogP contribution in [0, 0.1) is 13.8 Å². The third kappa shape index (κ3) is 2.89. The molecule has 0 amide bonds. The summed E-state index contributed by atoms with van der Waals surface area (Å²) in [7, 11) is -3.52. The number of aryl methyl sites for hydroxylation is 2. The van der Waals surface area contributed by atoms with Crippen molar-refractivity contribution in [1.29, 1.82) is 0 Å². The third-order valence-electron chi connectivity index (χ3n) is 3.74. The normalized spacial score (nSPS) is 21.2. The van der Waals surface area contributed by atoms with Gasteiger partial charge in [0.25, 0.3) is 0 Å². The Morgan fingerprint density at radius 1 is 1.40 bits per heavy atom. The van der Waals surface area contributed by atoms with Gasteiger partial charge in [-0.2, -0.15) is 4.31 Å². The first-order valence-electron chi connectivity index (χ1n) is 7.14. The number of nitrogens with one attached hydrogen (secondary N) is 1. The number of nitrogens with zero attached hydrogens (tertiary/aromatic N) is 2. The van der Waals surface area contributed by atoms with Gasteiger partial charge >= 0.3 is 0 Å². The Balaban J connectivity index is 2.31. The highest BCUT2D eigenvalue weighted by molar-refractivity contribution is 7.89. The number of sulfonamides is 1. The molecule has 20 heavy (non-hydrogen) atoms. The summed E-state index contributed by atoms with van der Waals surface area (Å²) in [6.45, 7) is 7.45. The topological polar surface area (TPSA) is 75.4 Å². The largest absolute Gasteiger partial charge is 0.360 e. The van der Waals surface area contributed by atoms with E-state index in [1.807, 2.05) is 6.92 Å². The van der Waals surface area contributed by atoms with Crippen molar-refractivity contribution in [3.05, 3.63) is 11.5 Å². The summed E-state index contributed by atoms with van der Waals surface area (Å²) in [5, 5.41) is 7.02. The van der Waals surface area contributed by atoms with Crippen molar-refractivity contribution >= 4 is 10.0 Å². The summed E-state index contributed by atoms with van der Waals surface area (Å²) in [4.78, 5) is 0.237. The van der Waals surface area contributed by atoms with Gasteiger partial charge in [-0.1, -0.05) is 18.5 Å². The molecule has 1 unspecified atom stereocenters. The second-order valence-corrected chi connectivity index (χ2v) is 7.05. The van der Waals surface area contributed by atoms with Crippen molar-refractivity contribution in [3.8, 4) is 0 Å². The number of hydrogen-bond acceptors (Lipinski definition) is 5. The second-order valence-electron chi connectivity index (χ2n) is 5.23. The zero-order chi connectivity index (χ0) is 14.8. The summed E-state index contributed by atoms with van der Waals surface area (Å²) in [6, 6.07) is 0.0161. The van der Waals surface area contributed by atoms with E-state index >= 15 is 0 Å². The second kappa shape index (κ2) is 6.24. The van der Waals surface area contributed by atoms with E-state index in [9.17, 15) is 8.42 Å². The zero-order valence-electron chi connectivity index (χ0n) is 12.3. The molecule has 1 aromatic rings. The van der Waals surface area contributed by atoms with Crippen LogP contribution >= 0.6 is 0 Å². The number of rotatable bonds is 5. The van der Waals surface area contributed by atoms with E-state index in [-0.39, 0.29) is 10.9 Å². The molecule has 0 bridgehead atoms. The van der Waals surface area contributed by atoms with Crippen LogP contribution in [0.1, 0.15) is 37.6 Å². The van der Waals surface area contributed by atoms with Gasteiger partial charge in [0, 0.05) is 19.1 Å². The highest BCUT2D eigenvalue weighted by atomic mass is 32.2. The Morgan fingerprint density at radius 3 is 2.75 bits per heavy atom. The van der Waals surface area contributed by atoms with Crippen molar-refractivity contribution in [2.75, 3.05) is 19.6 Å². The predicted octanol–water partition coefficient (Wildman–Crippen LogP) is 1.44. The van der Waals surface area contributed by atoms with Crippen molar-refractivity contribution < 1.29 is 12.9 Å². The molecule has 2 heterocycles. The molecule has 1 aliphatic heterocycles. The Labute approximate surface area is 120 Å². The predicted molar refractivity (Wildman–Crippen MR) is 76.1 cm³/mol. The lowest BCUT2D eigenvalue weighted by Crippen LogP contribution is -2.48. The van der Waals surface area contributed by atoms with Crippen LogP contribution in [0.15, 0.2) is 9.42 Å². The van der Waals surface area contributed by atoms with E-state index < -0.39 is 10.0 Å². The molecule has 1 saturated heterocycles. The van der Waals surface area contributed by atoms with Gasteiger partial charge in [-0.3, -0.25) is 0 Å². The molecule has 0 radical (unpaired) electrons. The van der Waals surface area contributed by atoms with E-state index in [4.69, 9.17) is 4.52 Å². The minimum atomic E-state index is -3.52. The van der Waals surface area contributed by atoms with E-state index in [0.717, 1.165) is 25.8 Å². The molecule has 0 aromatic carbocycles. The van der Waals surface area contributed by atoms with E-state index in [1.54, 1.807) is 18.2 Å². The van der Waals surface area contributed by atoms with Crippen molar-refractivity contribution in [1.82, 2.24) is 14.8 Å². The van der Waals surface area contributed by atoms with Crippen molar-refractivity contribution in [2.24, 2.45) is 0 Å². The minimum absolute atomic E-state index is 0.0161. The lowest BCUT2D eigenvalue weighted by molar-refractivity contribution is 0.246. The van der Waals surface area contributed by atoms with Gasteiger partial charge in [0.1, 0.15) is 10.6 Å². The molecule has 1 aliphatic rings. The molecule has 0 spiro atoms. The maximum absolute atomic E-state index is 12.9. The van der Waals surface area contributed by atoms with Crippen molar-refractivity contribution in [3.63, 3.8) is 0 Å². The Morgan fingerprint density at radius 2 is 2.15 bits per heavy atom. The number of piperidine rings is 1. The van der Waals surface area contributed by atoms with Crippen LogP contribution in [0.25, 0.3) is 0 Å². The first-order valence-corrected chi connectivity index (χ1v) is 8.58. The molecule has 1 aromatic heterocycles. The quantitative estimate of drug-likeness (QED) is 0.890. The van der Waals surface area contributed by atoms with Crippen LogP contribution in [0.5, 0.6) is 0 Å². The number of hydrogen-bond donors (Lipinski definition) is 1. The SMILES string of the molecule is CCNCC1CCCCN1S(=O)(=O)c1c(C)noc1C. The van der Waals surface area contributed by atoms with Crippen molar-refractivity contribution in [2.45, 2.75) is 51.0 Å². The lowest BCUT2D eigenvalue weighted by Gasteiger charge is -2.34. The van der Waals surface area contributed by atoms with E-state index in [1.165, 1.54) is 0 Å². The molecule has 0 aliphatic carbocycles. The average molecular weight is 301 g/mol. The van der Waals surface area contributed by atoms with E-state index in [2.05, 4.69) is 10.5 Å². The van der Waals surface area contributed by atoms with Crippen LogP contribution in [-0.4, -0.2) is 43.6 Å². The molecule has 7 heteroatoms. The maximum Gasteiger partial charge on any atom is 0.248 e. The van der Waals surface area contributed by atoms with Gasteiger partial charge in [0.15, 0.2) is 5.76 Å². The average Bonchev–Trinajstić information content (AvgIpc) is 2.76. The Kier molecular flexibility index (Phi) is 4.82. The standard InChI is InChI=1S/C13H23N3O3S/c1-4-14-9-12-7-5-6-8-16(12)20(17,18)13-10(2)15-19-11(13)3/h12,14H,4-9H2,1-3H3. The van der Waals surface area contributed by atoms with Gasteiger partial charge in [-0.05, 0) is 33.2 Å². The first kappa shape index (κ1) is 15.5. The molecule has 6 nitrogen and oxygen atoms in total.